The fourth-order valence-electron chi connectivity index (χ4n) is 8.27. The first kappa shape index (κ1) is 66.6. The van der Waals surface area contributed by atoms with Gasteiger partial charge in [0, 0.05) is 6.42 Å². The highest BCUT2D eigenvalue weighted by Gasteiger charge is 2.15. The number of hydrogen-bond acceptors (Lipinski definition) is 5. The molecule has 0 aromatic carbocycles. The second kappa shape index (κ2) is 59.9. The Balaban J connectivity index is 3.43. The van der Waals surface area contributed by atoms with Crippen LogP contribution in [0.4, 0.5) is 0 Å². The molecular formula is C65H110O5. The molecule has 1 unspecified atom stereocenters. The molecule has 0 radical (unpaired) electrons. The van der Waals surface area contributed by atoms with Gasteiger partial charge in [0.15, 0.2) is 6.10 Å². The molecule has 0 aromatic heterocycles. The Morgan fingerprint density at radius 1 is 0.343 bits per heavy atom. The van der Waals surface area contributed by atoms with Gasteiger partial charge in [-0.1, -0.05) is 290 Å². The molecule has 1 atom stereocenters. The van der Waals surface area contributed by atoms with E-state index in [0.717, 1.165) is 77.0 Å². The van der Waals surface area contributed by atoms with E-state index < -0.39 is 12.1 Å². The molecule has 0 rings (SSSR count). The van der Waals surface area contributed by atoms with E-state index in [2.05, 4.69) is 111 Å². The quantitative estimate of drug-likeness (QED) is 0.0373. The molecule has 0 aliphatic carbocycles. The summed E-state index contributed by atoms with van der Waals surface area (Å²) in [6.45, 7) is 3.84. The molecule has 0 saturated heterocycles. The number of ether oxygens (including phenoxy) is 2. The maximum absolute atomic E-state index is 12.2. The van der Waals surface area contributed by atoms with Crippen molar-refractivity contribution in [2.24, 2.45) is 0 Å². The lowest BCUT2D eigenvalue weighted by atomic mass is 10.0. The maximum atomic E-state index is 12.2. The normalized spacial score (nSPS) is 13.0. The number of hydrogen-bond donors (Lipinski definition) is 1. The van der Waals surface area contributed by atoms with Crippen LogP contribution in [0, 0.1) is 0 Å². The summed E-state index contributed by atoms with van der Waals surface area (Å²) < 4.78 is 10.6. The minimum absolute atomic E-state index is 0.107. The second-order valence-corrected chi connectivity index (χ2v) is 19.3. The summed E-state index contributed by atoms with van der Waals surface area (Å²) in [4.78, 5) is 24.4. The Hall–Kier alpha value is -3.44. The van der Waals surface area contributed by atoms with Crippen molar-refractivity contribution >= 4 is 11.9 Å². The van der Waals surface area contributed by atoms with Crippen molar-refractivity contribution in [3.63, 3.8) is 0 Å². The van der Waals surface area contributed by atoms with Crippen LogP contribution in [-0.2, 0) is 19.1 Å². The van der Waals surface area contributed by atoms with Crippen LogP contribution in [0.2, 0.25) is 0 Å². The zero-order chi connectivity index (χ0) is 50.6. The largest absolute Gasteiger partial charge is 0.462 e. The number of allylic oxidation sites excluding steroid dienone is 17. The lowest BCUT2D eigenvalue weighted by Gasteiger charge is -2.15. The van der Waals surface area contributed by atoms with Crippen LogP contribution in [-0.4, -0.2) is 36.4 Å². The smallest absolute Gasteiger partial charge is 0.310 e. The first-order chi connectivity index (χ1) is 34.6. The van der Waals surface area contributed by atoms with Crippen LogP contribution in [0.15, 0.2) is 109 Å². The van der Waals surface area contributed by atoms with Crippen molar-refractivity contribution in [3.8, 4) is 0 Å². The summed E-state index contributed by atoms with van der Waals surface area (Å²) in [5, 5.41) is 9.60. The third-order valence-electron chi connectivity index (χ3n) is 12.6. The minimum atomic E-state index is -0.830. The van der Waals surface area contributed by atoms with Crippen LogP contribution < -0.4 is 0 Å². The molecular weight excluding hydrogens is 861 g/mol. The first-order valence-electron chi connectivity index (χ1n) is 29.4. The fraction of sp³-hybridized carbons (Fsp3) is 0.692. The predicted octanol–water partition coefficient (Wildman–Crippen LogP) is 20.1. The van der Waals surface area contributed by atoms with Gasteiger partial charge in [-0.05, 0) is 77.0 Å². The van der Waals surface area contributed by atoms with Crippen molar-refractivity contribution in [2.45, 2.75) is 277 Å². The Kier molecular flexibility index (Phi) is 56.9. The monoisotopic (exact) mass is 971 g/mol. The van der Waals surface area contributed by atoms with Crippen LogP contribution in [0.25, 0.3) is 0 Å². The molecule has 0 aliphatic heterocycles. The SMILES string of the molecule is CC/C=C\C/C=C\C/C=C\C/C=C\C/C=C\CC(=O)OC(CO)COC(=O)CCCCCCCCCCCCCCCCCCCCCCCCCCCCCC/C=C\C/C=C\C/C=C\C/C=C\CC. The molecule has 0 amide bonds. The highest BCUT2D eigenvalue weighted by molar-refractivity contribution is 5.71. The van der Waals surface area contributed by atoms with Gasteiger partial charge in [-0.3, -0.25) is 9.59 Å². The summed E-state index contributed by atoms with van der Waals surface area (Å²) in [6, 6.07) is 0. The molecule has 0 heterocycles. The van der Waals surface area contributed by atoms with Crippen LogP contribution >= 0.6 is 0 Å². The molecule has 0 bridgehead atoms. The zero-order valence-corrected chi connectivity index (χ0v) is 45.7. The Morgan fingerprint density at radius 2 is 0.614 bits per heavy atom. The highest BCUT2D eigenvalue weighted by Crippen LogP contribution is 2.17. The standard InChI is InChI=1S/C65H110O5/c1-3-5-7-9-11-13-15-17-19-20-21-22-23-24-25-26-27-28-29-30-31-32-33-34-35-36-37-38-39-40-41-42-43-44-46-47-49-51-53-55-57-59-64(67)69-62-63(61-66)70-65(68)60-58-56-54-52-50-48-45-18-16-14-12-10-8-6-4-2/h5-8,11-14,17-19,21-22,45,50,52,56,58,63,66H,3-4,9-10,15-16,20,23-44,46-49,51,53-55,57,59-62H2,1-2H3/b7-5-,8-6-,13-11-,14-12-,19-17-,22-21-,45-18-,52-50-,58-56-. The second-order valence-electron chi connectivity index (χ2n) is 19.3. The maximum Gasteiger partial charge on any atom is 0.310 e. The number of esters is 2. The van der Waals surface area contributed by atoms with Gasteiger partial charge in [-0.2, -0.15) is 0 Å². The van der Waals surface area contributed by atoms with E-state index in [9.17, 15) is 14.7 Å². The van der Waals surface area contributed by atoms with Crippen LogP contribution in [0.5, 0.6) is 0 Å². The van der Waals surface area contributed by atoms with Gasteiger partial charge in [0.25, 0.3) is 0 Å². The molecule has 0 spiro atoms. The van der Waals surface area contributed by atoms with Gasteiger partial charge >= 0.3 is 11.9 Å². The summed E-state index contributed by atoms with van der Waals surface area (Å²) in [7, 11) is 0. The van der Waals surface area contributed by atoms with Crippen molar-refractivity contribution in [1.82, 2.24) is 0 Å². The van der Waals surface area contributed by atoms with Gasteiger partial charge in [-0.15, -0.1) is 0 Å². The lowest BCUT2D eigenvalue weighted by molar-refractivity contribution is -0.160. The summed E-state index contributed by atoms with van der Waals surface area (Å²) in [5.41, 5.74) is 0. The van der Waals surface area contributed by atoms with E-state index in [4.69, 9.17) is 9.47 Å². The Morgan fingerprint density at radius 3 is 0.929 bits per heavy atom. The Bertz CT molecular complexity index is 1380. The molecule has 1 N–H and O–H groups in total. The van der Waals surface area contributed by atoms with E-state index in [-0.39, 0.29) is 25.6 Å². The van der Waals surface area contributed by atoms with Crippen LogP contribution in [0.1, 0.15) is 271 Å². The molecule has 0 fully saturated rings. The summed E-state index contributed by atoms with van der Waals surface area (Å²) >= 11 is 0. The topological polar surface area (TPSA) is 72.8 Å². The van der Waals surface area contributed by atoms with Crippen molar-refractivity contribution in [2.75, 3.05) is 13.2 Å². The Labute approximate surface area is 433 Å². The van der Waals surface area contributed by atoms with E-state index >= 15 is 0 Å². The van der Waals surface area contributed by atoms with E-state index in [0.29, 0.717) is 6.42 Å². The average Bonchev–Trinajstić information content (AvgIpc) is 3.36. The predicted molar refractivity (Wildman–Crippen MR) is 306 cm³/mol. The summed E-state index contributed by atoms with van der Waals surface area (Å²) in [5.74, 6) is -0.734. The third-order valence-corrected chi connectivity index (χ3v) is 12.6. The number of carbonyl (C=O) groups is 2. The molecule has 400 valence electrons. The number of aliphatic hydroxyl groups is 1. The number of carbonyl (C=O) groups excluding carboxylic acids is 2. The van der Waals surface area contributed by atoms with E-state index in [1.54, 1.807) is 6.08 Å². The first-order valence-corrected chi connectivity index (χ1v) is 29.4. The number of aliphatic hydroxyl groups excluding tert-OH is 1. The fourth-order valence-corrected chi connectivity index (χ4v) is 8.27. The van der Waals surface area contributed by atoms with Crippen molar-refractivity contribution in [3.05, 3.63) is 109 Å². The van der Waals surface area contributed by atoms with Gasteiger partial charge in [-0.25, -0.2) is 0 Å². The third kappa shape index (κ3) is 57.1. The lowest BCUT2D eigenvalue weighted by Crippen LogP contribution is -2.28. The molecule has 0 saturated carbocycles. The molecule has 5 nitrogen and oxygen atoms in total. The van der Waals surface area contributed by atoms with Gasteiger partial charge in [0.2, 0.25) is 0 Å². The highest BCUT2D eigenvalue weighted by atomic mass is 16.6. The molecule has 70 heavy (non-hydrogen) atoms. The van der Waals surface area contributed by atoms with Crippen molar-refractivity contribution in [1.29, 1.82) is 0 Å². The van der Waals surface area contributed by atoms with Crippen molar-refractivity contribution < 1.29 is 24.2 Å². The van der Waals surface area contributed by atoms with Gasteiger partial charge in [0.05, 0.1) is 13.0 Å². The molecule has 0 aromatic rings. The summed E-state index contributed by atoms with van der Waals surface area (Å²) in [6.07, 6.45) is 87.0. The number of unbranched alkanes of at least 4 members (excludes halogenated alkanes) is 28. The molecule has 0 aliphatic rings. The minimum Gasteiger partial charge on any atom is -0.462 e. The van der Waals surface area contributed by atoms with E-state index in [1.807, 2.05) is 6.08 Å². The molecule has 5 heteroatoms. The van der Waals surface area contributed by atoms with Gasteiger partial charge < -0.3 is 14.6 Å². The van der Waals surface area contributed by atoms with Crippen LogP contribution in [0.3, 0.4) is 0 Å². The average molecular weight is 972 g/mol. The van der Waals surface area contributed by atoms with Gasteiger partial charge in [0.1, 0.15) is 6.61 Å². The zero-order valence-electron chi connectivity index (χ0n) is 45.7. The van der Waals surface area contributed by atoms with E-state index in [1.165, 1.54) is 167 Å². The number of rotatable bonds is 53.